The molecule has 0 aromatic heterocycles. The zero-order valence-electron chi connectivity index (χ0n) is 27.8. The van der Waals surface area contributed by atoms with Gasteiger partial charge in [0.1, 0.15) is 6.10 Å². The molecule has 6 rings (SSSR count). The summed E-state index contributed by atoms with van der Waals surface area (Å²) in [5, 5.41) is 14.8. The summed E-state index contributed by atoms with van der Waals surface area (Å²) in [4.78, 5) is 60.2. The van der Waals surface area contributed by atoms with E-state index in [0.717, 1.165) is 36.1 Å². The summed E-state index contributed by atoms with van der Waals surface area (Å²) in [6.07, 6.45) is 5.28. The highest BCUT2D eigenvalue weighted by molar-refractivity contribution is 8.00. The minimum absolute atomic E-state index is 0.00341. The van der Waals surface area contributed by atoms with Crippen molar-refractivity contribution in [3.05, 3.63) is 52.8 Å². The Balaban J connectivity index is 0.780. The van der Waals surface area contributed by atoms with Crippen LogP contribution in [0.15, 0.2) is 41.7 Å². The summed E-state index contributed by atoms with van der Waals surface area (Å²) in [5.74, 6) is -0.240. The number of carbonyl (C=O) groups excluding carboxylic acids is 5. The van der Waals surface area contributed by atoms with E-state index in [9.17, 15) is 24.0 Å². The summed E-state index contributed by atoms with van der Waals surface area (Å²) in [6.45, 7) is 3.74. The number of fused-ring (bicyclic) bond motifs is 4. The first kappa shape index (κ1) is 35.5. The molecular formula is C34H43N5O10S. The first-order valence-corrected chi connectivity index (χ1v) is 18.0. The quantitative estimate of drug-likeness (QED) is 0.0523. The average Bonchev–Trinajstić information content (AvgIpc) is 3.88. The van der Waals surface area contributed by atoms with Crippen molar-refractivity contribution in [2.24, 2.45) is 5.92 Å². The van der Waals surface area contributed by atoms with Crippen molar-refractivity contribution in [1.82, 2.24) is 21.3 Å². The molecule has 0 bridgehead atoms. The number of nitrogens with one attached hydrogen (secondary N) is 5. The Morgan fingerprint density at radius 1 is 1.00 bits per heavy atom. The van der Waals surface area contributed by atoms with Gasteiger partial charge in [0, 0.05) is 53.8 Å². The fourth-order valence-corrected chi connectivity index (χ4v) is 8.19. The van der Waals surface area contributed by atoms with E-state index in [1.807, 2.05) is 17.8 Å². The lowest BCUT2D eigenvalue weighted by Gasteiger charge is -2.16. The highest BCUT2D eigenvalue weighted by Crippen LogP contribution is 2.48. The van der Waals surface area contributed by atoms with Gasteiger partial charge in [-0.15, -0.1) is 0 Å². The minimum atomic E-state index is -0.871. The Hall–Kier alpha value is -4.28. The molecule has 3 fully saturated rings. The van der Waals surface area contributed by atoms with Gasteiger partial charge in [-0.2, -0.15) is 11.8 Å². The van der Waals surface area contributed by atoms with E-state index < -0.39 is 30.4 Å². The summed E-state index contributed by atoms with van der Waals surface area (Å²) < 4.78 is 27.3. The van der Waals surface area contributed by atoms with Crippen molar-refractivity contribution in [2.45, 2.75) is 68.8 Å². The highest BCUT2D eigenvalue weighted by atomic mass is 32.2. The highest BCUT2D eigenvalue weighted by Gasteiger charge is 2.47. The number of rotatable bonds is 17. The Labute approximate surface area is 293 Å². The summed E-state index contributed by atoms with van der Waals surface area (Å²) in [5.41, 5.74) is 3.21. The molecule has 5 amide bonds. The van der Waals surface area contributed by atoms with Crippen LogP contribution in [0.1, 0.15) is 49.8 Å². The van der Waals surface area contributed by atoms with Crippen LogP contribution in [0.25, 0.3) is 0 Å². The van der Waals surface area contributed by atoms with Crippen LogP contribution in [-0.4, -0.2) is 98.8 Å². The maximum Gasteiger partial charge on any atom is 0.338 e. The van der Waals surface area contributed by atoms with Crippen LogP contribution in [0, 0.1) is 5.92 Å². The second kappa shape index (κ2) is 16.6. The number of thioether (sulfide) groups is 1. The molecule has 0 radical (unpaired) electrons. The van der Waals surface area contributed by atoms with Crippen molar-refractivity contribution < 1.29 is 47.7 Å². The van der Waals surface area contributed by atoms with Crippen LogP contribution < -0.4 is 26.6 Å². The molecular weight excluding hydrogens is 670 g/mol. The maximum atomic E-state index is 12.6. The third-order valence-electron chi connectivity index (χ3n) is 9.20. The lowest BCUT2D eigenvalue weighted by atomic mass is 9.98. The number of hydrogen-bond donors (Lipinski definition) is 5. The standard InChI is InChI=1S/C34H43N5O10S/c1-19-14-28(48-31(19)41)47-17-24-23-15-20-6-7-21(16-22(20)30(23)49-32(24)42)37-33(43)36-9-11-46-13-12-45-10-8-35-27(40)5-3-2-4-26-29-25(18-50-26)38-34(44)39-29/h6-7,14,16-17,23,25-26,28-30H,2-5,8-13,15,18H2,1H3,(H,35,40)(H2,36,37,43)(H2,38,39,44)/b24-17+/t23-,25?,26?,28-,29?,30-/m1/s1. The predicted molar refractivity (Wildman–Crippen MR) is 181 cm³/mol. The molecule has 270 valence electrons. The van der Waals surface area contributed by atoms with E-state index in [4.69, 9.17) is 23.7 Å². The minimum Gasteiger partial charge on any atom is -0.458 e. The molecule has 3 saturated heterocycles. The van der Waals surface area contributed by atoms with Crippen LogP contribution in [0.3, 0.4) is 0 Å². The molecule has 0 spiro atoms. The lowest BCUT2D eigenvalue weighted by molar-refractivity contribution is -0.152. The third-order valence-corrected chi connectivity index (χ3v) is 10.7. The first-order chi connectivity index (χ1) is 24.2. The number of anilines is 1. The fourth-order valence-electron chi connectivity index (χ4n) is 6.64. The molecule has 1 aromatic rings. The van der Waals surface area contributed by atoms with E-state index in [-0.39, 0.29) is 29.9 Å². The number of amides is 5. The number of cyclic esters (lactones) is 1. The Morgan fingerprint density at radius 2 is 1.80 bits per heavy atom. The van der Waals surface area contributed by atoms with Crippen molar-refractivity contribution in [1.29, 1.82) is 0 Å². The summed E-state index contributed by atoms with van der Waals surface area (Å²) >= 11 is 1.88. The van der Waals surface area contributed by atoms with Crippen LogP contribution >= 0.6 is 11.8 Å². The van der Waals surface area contributed by atoms with Crippen LogP contribution in [0.4, 0.5) is 15.3 Å². The van der Waals surface area contributed by atoms with E-state index in [1.165, 1.54) is 6.26 Å². The lowest BCUT2D eigenvalue weighted by Crippen LogP contribution is -2.36. The topological polar surface area (TPSA) is 192 Å². The molecule has 15 nitrogen and oxygen atoms in total. The largest absolute Gasteiger partial charge is 0.458 e. The van der Waals surface area contributed by atoms with Gasteiger partial charge >= 0.3 is 24.0 Å². The molecule has 1 aliphatic carbocycles. The van der Waals surface area contributed by atoms with Gasteiger partial charge in [0.2, 0.25) is 5.91 Å². The number of ether oxygens (including phenoxy) is 5. The van der Waals surface area contributed by atoms with Gasteiger partial charge in [-0.05, 0) is 49.4 Å². The number of unbranched alkanes of at least 4 members (excludes halogenated alkanes) is 1. The van der Waals surface area contributed by atoms with Gasteiger partial charge in [-0.25, -0.2) is 19.2 Å². The molecule has 1 aromatic carbocycles. The zero-order valence-corrected chi connectivity index (χ0v) is 28.6. The Kier molecular flexibility index (Phi) is 11.8. The van der Waals surface area contributed by atoms with Gasteiger partial charge < -0.3 is 50.3 Å². The molecule has 6 atom stereocenters. The van der Waals surface area contributed by atoms with E-state index >= 15 is 0 Å². The van der Waals surface area contributed by atoms with Crippen LogP contribution in [0.5, 0.6) is 0 Å². The predicted octanol–water partition coefficient (Wildman–Crippen LogP) is 2.18. The molecule has 0 saturated carbocycles. The summed E-state index contributed by atoms with van der Waals surface area (Å²) in [6, 6.07) is 5.45. The van der Waals surface area contributed by atoms with Crippen LogP contribution in [-0.2, 0) is 44.5 Å². The molecule has 4 heterocycles. The third kappa shape index (κ3) is 8.89. The molecule has 16 heteroatoms. The first-order valence-electron chi connectivity index (χ1n) is 17.0. The van der Waals surface area contributed by atoms with E-state index in [2.05, 4.69) is 26.6 Å². The SMILES string of the molecule is CC1=C[C@H](O/C=C2/C(=O)O[C@@H]3c4cc(NC(=O)NCCOCCOCCNC(=O)CCCCC5SCC6NC(=O)NC65)ccc4C[C@H]23)OC1=O. The molecule has 4 aliphatic heterocycles. The van der Waals surface area contributed by atoms with Crippen molar-refractivity contribution in [2.75, 3.05) is 50.6 Å². The maximum absolute atomic E-state index is 12.6. The number of esters is 2. The molecule has 50 heavy (non-hydrogen) atoms. The second-order valence-corrected chi connectivity index (χ2v) is 14.0. The average molecular weight is 714 g/mol. The summed E-state index contributed by atoms with van der Waals surface area (Å²) in [7, 11) is 0. The monoisotopic (exact) mass is 713 g/mol. The number of urea groups is 2. The number of carbonyl (C=O) groups is 5. The number of benzene rings is 1. The molecule has 5 N–H and O–H groups in total. The van der Waals surface area contributed by atoms with Crippen molar-refractivity contribution in [3.8, 4) is 0 Å². The second-order valence-electron chi connectivity index (χ2n) is 12.7. The van der Waals surface area contributed by atoms with Gasteiger partial charge in [-0.3, -0.25) is 4.79 Å². The van der Waals surface area contributed by atoms with Gasteiger partial charge in [0.05, 0.1) is 50.3 Å². The van der Waals surface area contributed by atoms with Gasteiger partial charge in [0.15, 0.2) is 0 Å². The fraction of sp³-hybridized carbons (Fsp3) is 0.559. The van der Waals surface area contributed by atoms with Crippen molar-refractivity contribution in [3.63, 3.8) is 0 Å². The smallest absolute Gasteiger partial charge is 0.338 e. The Morgan fingerprint density at radius 3 is 2.58 bits per heavy atom. The Bertz CT molecular complexity index is 1540. The molecule has 5 aliphatic rings. The van der Waals surface area contributed by atoms with Crippen molar-refractivity contribution >= 4 is 47.4 Å². The molecule has 3 unspecified atom stereocenters. The zero-order chi connectivity index (χ0) is 35.0. The van der Waals surface area contributed by atoms with Gasteiger partial charge in [0.25, 0.3) is 6.29 Å². The van der Waals surface area contributed by atoms with E-state index in [1.54, 1.807) is 25.1 Å². The van der Waals surface area contributed by atoms with E-state index in [0.29, 0.717) is 74.4 Å². The number of hydrogen-bond acceptors (Lipinski definition) is 11. The van der Waals surface area contributed by atoms with Gasteiger partial charge in [-0.1, -0.05) is 12.5 Å². The normalized spacial score (nSPS) is 26.7. The van der Waals surface area contributed by atoms with Crippen LogP contribution in [0.2, 0.25) is 0 Å².